The van der Waals surface area contributed by atoms with Crippen LogP contribution in [-0.4, -0.2) is 53.1 Å². The van der Waals surface area contributed by atoms with Crippen molar-refractivity contribution in [2.75, 3.05) is 19.6 Å². The zero-order chi connectivity index (χ0) is 16.5. The largest absolute Gasteiger partial charge is 0.469 e. The summed E-state index contributed by atoms with van der Waals surface area (Å²) in [7, 11) is 0. The monoisotopic (exact) mass is 308 g/mol. The molecule has 1 fully saturated rings. The van der Waals surface area contributed by atoms with Gasteiger partial charge in [-0.15, -0.1) is 0 Å². The molecule has 0 aliphatic carbocycles. The van der Waals surface area contributed by atoms with Gasteiger partial charge in [-0.05, 0) is 40.7 Å². The van der Waals surface area contributed by atoms with Gasteiger partial charge in [-0.1, -0.05) is 0 Å². The van der Waals surface area contributed by atoms with Crippen LogP contribution in [-0.2, 0) is 4.74 Å². The van der Waals surface area contributed by atoms with Gasteiger partial charge in [0, 0.05) is 25.7 Å². The highest BCUT2D eigenvalue weighted by Gasteiger charge is 2.33. The summed E-state index contributed by atoms with van der Waals surface area (Å²) in [4.78, 5) is 28.1. The summed E-state index contributed by atoms with van der Waals surface area (Å²) in [5.74, 6) is 0.564. The molecular formula is C16H24N2O4. The number of rotatable bonds is 1. The Morgan fingerprint density at radius 2 is 2.00 bits per heavy atom. The lowest BCUT2D eigenvalue weighted by molar-refractivity contribution is 0.00613. The maximum absolute atomic E-state index is 12.5. The van der Waals surface area contributed by atoms with Crippen LogP contribution in [0.25, 0.3) is 0 Å². The number of hydrogen-bond acceptors (Lipinski definition) is 4. The summed E-state index contributed by atoms with van der Waals surface area (Å²) in [6.45, 7) is 10.7. The smallest absolute Gasteiger partial charge is 0.410 e. The van der Waals surface area contributed by atoms with Gasteiger partial charge in [0.2, 0.25) is 0 Å². The third kappa shape index (κ3) is 3.61. The Kier molecular flexibility index (Phi) is 4.49. The molecule has 0 saturated carbocycles. The van der Waals surface area contributed by atoms with Crippen LogP contribution in [0.5, 0.6) is 0 Å². The lowest BCUT2D eigenvalue weighted by atomic mass is 10.1. The number of furan rings is 1. The highest BCUT2D eigenvalue weighted by atomic mass is 16.6. The van der Waals surface area contributed by atoms with Gasteiger partial charge in [-0.25, -0.2) is 4.79 Å². The number of ether oxygens (including phenoxy) is 1. The Hall–Kier alpha value is -1.98. The predicted octanol–water partition coefficient (Wildman–Crippen LogP) is 2.67. The lowest BCUT2D eigenvalue weighted by Crippen LogP contribution is -2.56. The molecule has 6 heteroatoms. The number of piperazine rings is 1. The van der Waals surface area contributed by atoms with E-state index in [1.54, 1.807) is 22.8 Å². The van der Waals surface area contributed by atoms with Crippen LogP contribution >= 0.6 is 0 Å². The Morgan fingerprint density at radius 1 is 1.32 bits per heavy atom. The molecule has 22 heavy (non-hydrogen) atoms. The van der Waals surface area contributed by atoms with Gasteiger partial charge in [0.25, 0.3) is 5.91 Å². The zero-order valence-corrected chi connectivity index (χ0v) is 13.9. The third-order valence-corrected chi connectivity index (χ3v) is 3.63. The van der Waals surface area contributed by atoms with E-state index in [9.17, 15) is 9.59 Å². The molecule has 0 spiro atoms. The van der Waals surface area contributed by atoms with E-state index in [1.807, 2.05) is 27.7 Å². The van der Waals surface area contributed by atoms with Gasteiger partial charge in [-0.3, -0.25) is 4.79 Å². The van der Waals surface area contributed by atoms with Gasteiger partial charge in [0.1, 0.15) is 11.4 Å². The molecule has 0 aromatic carbocycles. The van der Waals surface area contributed by atoms with Gasteiger partial charge >= 0.3 is 6.09 Å². The van der Waals surface area contributed by atoms with Crippen LogP contribution in [0.1, 0.15) is 43.8 Å². The standard InChI is InChI=1S/C16H24N2O4/c1-11-10-17(15(20)22-16(3,4)5)7-8-18(11)14(19)13-6-9-21-12(13)2/h6,9,11H,7-8,10H2,1-5H3. The molecule has 122 valence electrons. The maximum Gasteiger partial charge on any atom is 0.410 e. The molecule has 1 aromatic rings. The van der Waals surface area contributed by atoms with E-state index in [1.165, 1.54) is 6.26 Å². The first-order valence-electron chi connectivity index (χ1n) is 7.52. The van der Waals surface area contributed by atoms with Crippen molar-refractivity contribution in [2.24, 2.45) is 0 Å². The Morgan fingerprint density at radius 3 is 2.50 bits per heavy atom. The van der Waals surface area contributed by atoms with E-state index in [0.717, 1.165) is 0 Å². The van der Waals surface area contributed by atoms with Crippen molar-refractivity contribution >= 4 is 12.0 Å². The second kappa shape index (κ2) is 6.02. The first kappa shape index (κ1) is 16.4. The summed E-state index contributed by atoms with van der Waals surface area (Å²) < 4.78 is 10.6. The summed E-state index contributed by atoms with van der Waals surface area (Å²) in [6, 6.07) is 1.62. The fourth-order valence-electron chi connectivity index (χ4n) is 2.51. The molecule has 6 nitrogen and oxygen atoms in total. The molecule has 2 rings (SSSR count). The molecule has 1 aliphatic heterocycles. The normalized spacial score (nSPS) is 19.2. The van der Waals surface area contributed by atoms with Crippen molar-refractivity contribution < 1.29 is 18.7 Å². The first-order chi connectivity index (χ1) is 10.2. The molecule has 0 N–H and O–H groups in total. The molecule has 0 bridgehead atoms. The van der Waals surface area contributed by atoms with Gasteiger partial charge in [0.05, 0.1) is 11.8 Å². The van der Waals surface area contributed by atoms with Gasteiger partial charge < -0.3 is 19.0 Å². The predicted molar refractivity (Wildman–Crippen MR) is 81.8 cm³/mol. The molecule has 0 radical (unpaired) electrons. The number of amides is 2. The van der Waals surface area contributed by atoms with Gasteiger partial charge in [0.15, 0.2) is 0 Å². The van der Waals surface area contributed by atoms with Crippen molar-refractivity contribution in [2.45, 2.75) is 46.3 Å². The average molecular weight is 308 g/mol. The minimum absolute atomic E-state index is 0.0532. The summed E-state index contributed by atoms with van der Waals surface area (Å²) in [5.41, 5.74) is 0.0684. The highest BCUT2D eigenvalue weighted by Crippen LogP contribution is 2.19. The second-order valence-electron chi connectivity index (χ2n) is 6.66. The van der Waals surface area contributed by atoms with Crippen LogP contribution in [0.3, 0.4) is 0 Å². The Bertz CT molecular complexity index is 559. The number of carbonyl (C=O) groups is 2. The van der Waals surface area contributed by atoms with Crippen LogP contribution in [0.15, 0.2) is 16.7 Å². The summed E-state index contributed by atoms with van der Waals surface area (Å²) in [5, 5.41) is 0. The third-order valence-electron chi connectivity index (χ3n) is 3.63. The molecule has 1 aromatic heterocycles. The SMILES string of the molecule is Cc1occc1C(=O)N1CCN(C(=O)OC(C)(C)C)CC1C. The number of hydrogen-bond donors (Lipinski definition) is 0. The molecule has 2 amide bonds. The molecule has 1 unspecified atom stereocenters. The average Bonchev–Trinajstić information content (AvgIpc) is 2.82. The summed E-state index contributed by atoms with van der Waals surface area (Å²) >= 11 is 0. The van der Waals surface area contributed by atoms with Crippen molar-refractivity contribution in [3.8, 4) is 0 Å². The molecule has 2 heterocycles. The molecule has 1 saturated heterocycles. The van der Waals surface area contributed by atoms with Crippen LogP contribution < -0.4 is 0 Å². The van der Waals surface area contributed by atoms with Crippen LogP contribution in [0.4, 0.5) is 4.79 Å². The van der Waals surface area contributed by atoms with E-state index in [2.05, 4.69) is 0 Å². The number of carbonyl (C=O) groups excluding carboxylic acids is 2. The van der Waals surface area contributed by atoms with E-state index < -0.39 is 5.60 Å². The van der Waals surface area contributed by atoms with E-state index >= 15 is 0 Å². The topological polar surface area (TPSA) is 63.0 Å². The maximum atomic E-state index is 12.5. The summed E-state index contributed by atoms with van der Waals surface area (Å²) in [6.07, 6.45) is 1.19. The Labute approximate surface area is 131 Å². The molecule has 1 atom stereocenters. The van der Waals surface area contributed by atoms with E-state index in [4.69, 9.17) is 9.15 Å². The zero-order valence-electron chi connectivity index (χ0n) is 13.9. The van der Waals surface area contributed by atoms with Crippen molar-refractivity contribution in [3.05, 3.63) is 23.7 Å². The Balaban J connectivity index is 2.00. The van der Waals surface area contributed by atoms with Crippen molar-refractivity contribution in [1.29, 1.82) is 0 Å². The van der Waals surface area contributed by atoms with Crippen LogP contribution in [0.2, 0.25) is 0 Å². The fraction of sp³-hybridized carbons (Fsp3) is 0.625. The second-order valence-corrected chi connectivity index (χ2v) is 6.66. The van der Waals surface area contributed by atoms with E-state index in [0.29, 0.717) is 31.0 Å². The highest BCUT2D eigenvalue weighted by molar-refractivity contribution is 5.95. The van der Waals surface area contributed by atoms with Gasteiger partial charge in [-0.2, -0.15) is 0 Å². The van der Waals surface area contributed by atoms with Crippen molar-refractivity contribution in [3.63, 3.8) is 0 Å². The quantitative estimate of drug-likeness (QED) is 0.800. The van der Waals surface area contributed by atoms with Crippen molar-refractivity contribution in [1.82, 2.24) is 9.80 Å². The molecule has 1 aliphatic rings. The minimum atomic E-state index is -0.513. The molecular weight excluding hydrogens is 284 g/mol. The van der Waals surface area contributed by atoms with E-state index in [-0.39, 0.29) is 18.0 Å². The fourth-order valence-corrected chi connectivity index (χ4v) is 2.51. The number of aryl methyl sites for hydroxylation is 1. The number of nitrogens with zero attached hydrogens (tertiary/aromatic N) is 2. The lowest BCUT2D eigenvalue weighted by Gasteiger charge is -2.40. The first-order valence-corrected chi connectivity index (χ1v) is 7.52. The minimum Gasteiger partial charge on any atom is -0.469 e. The van der Waals surface area contributed by atoms with Crippen LogP contribution in [0, 0.1) is 6.92 Å².